The fraction of sp³-hybridized carbons (Fsp3) is 0.333. The quantitative estimate of drug-likeness (QED) is 0.193. The summed E-state index contributed by atoms with van der Waals surface area (Å²) in [5.74, 6) is 2.01. The van der Waals surface area contributed by atoms with Gasteiger partial charge in [0.1, 0.15) is 9.52 Å². The fourth-order valence-electron chi connectivity index (χ4n) is 2.60. The molecule has 3 rings (SSSR count). The molecule has 2 aromatic heterocycles. The lowest BCUT2D eigenvalue weighted by atomic mass is 10.2. The van der Waals surface area contributed by atoms with Crippen LogP contribution >= 0.6 is 22.6 Å². The van der Waals surface area contributed by atoms with Crippen LogP contribution in [0.15, 0.2) is 36.0 Å². The maximum absolute atomic E-state index is 9.49. The summed E-state index contributed by atoms with van der Waals surface area (Å²) in [6.07, 6.45) is 6.79. The lowest BCUT2D eigenvalue weighted by Gasteiger charge is -2.36. The molecule has 8 nitrogen and oxygen atoms in total. The van der Waals surface area contributed by atoms with Crippen molar-refractivity contribution in [1.29, 1.82) is 0 Å². The first-order valence-corrected chi connectivity index (χ1v) is 8.48. The normalized spacial score (nSPS) is 15.5. The minimum absolute atomic E-state index is 0.496. The monoisotopic (exact) mass is 440 g/mol. The number of rotatable bonds is 3. The summed E-state index contributed by atoms with van der Waals surface area (Å²) >= 11 is 2.10. The number of aromatic nitrogens is 3. The molecule has 24 heavy (non-hydrogen) atoms. The summed E-state index contributed by atoms with van der Waals surface area (Å²) in [4.78, 5) is 16.9. The number of anilines is 1. The van der Waals surface area contributed by atoms with Crippen molar-refractivity contribution < 1.29 is 9.94 Å². The predicted octanol–water partition coefficient (Wildman–Crippen LogP) is 1.44. The van der Waals surface area contributed by atoms with Crippen molar-refractivity contribution in [2.24, 2.45) is 5.16 Å². The van der Waals surface area contributed by atoms with Gasteiger partial charge in [-0.1, -0.05) is 5.16 Å². The Hall–Kier alpha value is -2.17. The van der Waals surface area contributed by atoms with Gasteiger partial charge in [-0.2, -0.15) is 0 Å². The lowest BCUT2D eigenvalue weighted by molar-refractivity contribution is 0.295. The lowest BCUT2D eigenvalue weighted by Crippen LogP contribution is -2.49. The number of halogens is 1. The standard InChI is InChI=1S/C15H17IN6O2/c1-24-12-8-11(9-19-14(12)16)15(20-23)22-6-4-21(5-7-22)13-10-17-2-3-18-13/h2-3,8-10,23H,4-7H2,1H3. The number of methoxy groups -OCH3 is 1. The molecule has 2 aromatic rings. The van der Waals surface area contributed by atoms with E-state index in [1.165, 1.54) is 0 Å². The average Bonchev–Trinajstić information content (AvgIpc) is 2.65. The van der Waals surface area contributed by atoms with E-state index in [4.69, 9.17) is 4.74 Å². The first kappa shape index (κ1) is 16.7. The summed E-state index contributed by atoms with van der Waals surface area (Å²) in [5, 5.41) is 13.0. The maximum Gasteiger partial charge on any atom is 0.177 e. The van der Waals surface area contributed by atoms with Crippen LogP contribution in [-0.2, 0) is 0 Å². The van der Waals surface area contributed by atoms with E-state index in [2.05, 4.69) is 47.6 Å². The van der Waals surface area contributed by atoms with Gasteiger partial charge in [0.2, 0.25) is 0 Å². The van der Waals surface area contributed by atoms with Crippen LogP contribution < -0.4 is 9.64 Å². The van der Waals surface area contributed by atoms with E-state index >= 15 is 0 Å². The number of ether oxygens (including phenoxy) is 1. The molecule has 1 aliphatic heterocycles. The van der Waals surface area contributed by atoms with E-state index in [1.807, 2.05) is 11.0 Å². The Bertz CT molecular complexity index is 719. The maximum atomic E-state index is 9.49. The number of piperazine rings is 1. The van der Waals surface area contributed by atoms with Crippen LogP contribution in [0.25, 0.3) is 0 Å². The zero-order valence-corrected chi connectivity index (χ0v) is 15.3. The minimum atomic E-state index is 0.496. The molecule has 0 saturated carbocycles. The van der Waals surface area contributed by atoms with Gasteiger partial charge in [-0.3, -0.25) is 4.98 Å². The van der Waals surface area contributed by atoms with Gasteiger partial charge in [-0.15, -0.1) is 0 Å². The molecule has 0 atom stereocenters. The zero-order chi connectivity index (χ0) is 16.9. The number of nitrogens with zero attached hydrogens (tertiary/aromatic N) is 6. The van der Waals surface area contributed by atoms with Crippen molar-refractivity contribution in [3.05, 3.63) is 40.1 Å². The van der Waals surface area contributed by atoms with E-state index in [-0.39, 0.29) is 0 Å². The third kappa shape index (κ3) is 3.50. The van der Waals surface area contributed by atoms with Crippen LogP contribution in [0.4, 0.5) is 5.82 Å². The topological polar surface area (TPSA) is 87.0 Å². The third-order valence-electron chi connectivity index (χ3n) is 3.83. The number of hydrogen-bond donors (Lipinski definition) is 1. The van der Waals surface area contributed by atoms with Gasteiger partial charge >= 0.3 is 0 Å². The molecule has 9 heteroatoms. The van der Waals surface area contributed by atoms with Crippen LogP contribution in [0.3, 0.4) is 0 Å². The van der Waals surface area contributed by atoms with Crippen LogP contribution in [0.2, 0.25) is 0 Å². The Balaban J connectivity index is 1.72. The molecule has 126 valence electrons. The summed E-state index contributed by atoms with van der Waals surface area (Å²) in [6, 6.07) is 1.83. The van der Waals surface area contributed by atoms with Gasteiger partial charge in [0.25, 0.3) is 0 Å². The molecule has 1 N–H and O–H groups in total. The van der Waals surface area contributed by atoms with Crippen molar-refractivity contribution in [1.82, 2.24) is 19.9 Å². The molecule has 1 saturated heterocycles. The third-order valence-corrected chi connectivity index (χ3v) is 4.64. The zero-order valence-electron chi connectivity index (χ0n) is 13.1. The Morgan fingerprint density at radius 2 is 2.00 bits per heavy atom. The number of amidine groups is 1. The van der Waals surface area contributed by atoms with Crippen molar-refractivity contribution in [2.75, 3.05) is 38.2 Å². The SMILES string of the molecule is COc1cc(C(=NO)N2CCN(c3cnccn3)CC2)cnc1I. The smallest absolute Gasteiger partial charge is 0.177 e. The van der Waals surface area contributed by atoms with Crippen LogP contribution in [-0.4, -0.2) is 64.2 Å². The number of hydrogen-bond acceptors (Lipinski definition) is 7. The van der Waals surface area contributed by atoms with Crippen molar-refractivity contribution >= 4 is 34.2 Å². The highest BCUT2D eigenvalue weighted by Gasteiger charge is 2.23. The van der Waals surface area contributed by atoms with E-state index in [1.54, 1.807) is 31.9 Å². The second kappa shape index (κ2) is 7.60. The van der Waals surface area contributed by atoms with E-state index in [0.717, 1.165) is 28.2 Å². The molecule has 0 radical (unpaired) electrons. The summed E-state index contributed by atoms with van der Waals surface area (Å²) in [5.41, 5.74) is 0.725. The van der Waals surface area contributed by atoms with Crippen molar-refractivity contribution in [3.63, 3.8) is 0 Å². The summed E-state index contributed by atoms with van der Waals surface area (Å²) < 4.78 is 6.06. The molecule has 0 amide bonds. The Morgan fingerprint density at radius 1 is 1.21 bits per heavy atom. The molecule has 0 unspecified atom stereocenters. The highest BCUT2D eigenvalue weighted by molar-refractivity contribution is 14.1. The molecular formula is C15H17IN6O2. The second-order valence-corrected chi connectivity index (χ2v) is 6.20. The van der Waals surface area contributed by atoms with Gasteiger partial charge in [-0.05, 0) is 28.7 Å². The van der Waals surface area contributed by atoms with Gasteiger partial charge in [0, 0.05) is 50.3 Å². The van der Waals surface area contributed by atoms with Gasteiger partial charge in [0.05, 0.1) is 13.3 Å². The van der Waals surface area contributed by atoms with Crippen molar-refractivity contribution in [2.45, 2.75) is 0 Å². The van der Waals surface area contributed by atoms with E-state index in [9.17, 15) is 5.21 Å². The fourth-order valence-corrected chi connectivity index (χ4v) is 3.11. The minimum Gasteiger partial charge on any atom is -0.494 e. The Kier molecular flexibility index (Phi) is 5.28. The highest BCUT2D eigenvalue weighted by Crippen LogP contribution is 2.21. The molecule has 0 aromatic carbocycles. The van der Waals surface area contributed by atoms with Crippen LogP contribution in [0, 0.1) is 3.70 Å². The van der Waals surface area contributed by atoms with E-state index in [0.29, 0.717) is 24.7 Å². The molecular weight excluding hydrogens is 423 g/mol. The number of oxime groups is 1. The molecule has 3 heterocycles. The Morgan fingerprint density at radius 3 is 2.62 bits per heavy atom. The van der Waals surface area contributed by atoms with Gasteiger partial charge in [-0.25, -0.2) is 9.97 Å². The molecule has 0 spiro atoms. The summed E-state index contributed by atoms with van der Waals surface area (Å²) in [7, 11) is 1.60. The summed E-state index contributed by atoms with van der Waals surface area (Å²) in [6.45, 7) is 2.97. The average molecular weight is 440 g/mol. The van der Waals surface area contributed by atoms with Crippen molar-refractivity contribution in [3.8, 4) is 5.75 Å². The highest BCUT2D eigenvalue weighted by atomic mass is 127. The first-order valence-electron chi connectivity index (χ1n) is 7.41. The van der Waals surface area contributed by atoms with Crippen LogP contribution in [0.1, 0.15) is 5.56 Å². The largest absolute Gasteiger partial charge is 0.494 e. The van der Waals surface area contributed by atoms with Gasteiger partial charge < -0.3 is 19.7 Å². The molecule has 0 bridgehead atoms. The predicted molar refractivity (Wildman–Crippen MR) is 97.6 cm³/mol. The molecule has 1 fully saturated rings. The van der Waals surface area contributed by atoms with Gasteiger partial charge in [0.15, 0.2) is 11.6 Å². The van der Waals surface area contributed by atoms with E-state index < -0.39 is 0 Å². The molecule has 1 aliphatic rings. The molecule has 0 aliphatic carbocycles. The first-order chi connectivity index (χ1) is 11.7. The van der Waals surface area contributed by atoms with Crippen LogP contribution in [0.5, 0.6) is 5.75 Å². The number of pyridine rings is 1. The Labute approximate surface area is 153 Å². The second-order valence-electron chi connectivity index (χ2n) is 5.18.